The molecule has 32 heavy (non-hydrogen) atoms. The predicted octanol–water partition coefficient (Wildman–Crippen LogP) is 3.63. The summed E-state index contributed by atoms with van der Waals surface area (Å²) in [5, 5.41) is 8.22. The van der Waals surface area contributed by atoms with Crippen molar-refractivity contribution in [2.45, 2.75) is 32.7 Å². The smallest absolute Gasteiger partial charge is 0.255 e. The highest BCUT2D eigenvalue weighted by atomic mass is 35.5. The topological polar surface area (TPSA) is 101 Å². The van der Waals surface area contributed by atoms with E-state index in [0.717, 1.165) is 6.42 Å². The van der Waals surface area contributed by atoms with Gasteiger partial charge in [-0.2, -0.15) is 0 Å². The molecule has 2 aromatic rings. The van der Waals surface area contributed by atoms with Crippen LogP contribution in [0.5, 0.6) is 0 Å². The van der Waals surface area contributed by atoms with Gasteiger partial charge in [-0.1, -0.05) is 30.1 Å². The number of nitrogens with zero attached hydrogens (tertiary/aromatic N) is 2. The van der Waals surface area contributed by atoms with Gasteiger partial charge in [-0.3, -0.25) is 14.4 Å². The lowest BCUT2D eigenvalue weighted by Crippen LogP contribution is -2.40. The molecular weight excluding hydrogens is 475 g/mol. The van der Waals surface area contributed by atoms with Gasteiger partial charge in [-0.05, 0) is 31.5 Å². The van der Waals surface area contributed by atoms with Gasteiger partial charge in [0.2, 0.25) is 11.8 Å². The molecule has 0 saturated heterocycles. The monoisotopic (exact) mass is 500 g/mol. The van der Waals surface area contributed by atoms with Crippen molar-refractivity contribution in [3.63, 3.8) is 0 Å². The van der Waals surface area contributed by atoms with Crippen LogP contribution in [0.15, 0.2) is 23.6 Å². The van der Waals surface area contributed by atoms with Crippen molar-refractivity contribution in [2.24, 2.45) is 0 Å². The SMILES string of the molecule is CCC(C)NC(=O)Cc1csc(NC(=O)CN(CCOC)C(=O)c2ccc(Cl)cc2Cl)n1. The summed E-state index contributed by atoms with van der Waals surface area (Å²) in [6, 6.07) is 4.64. The van der Waals surface area contributed by atoms with E-state index in [1.54, 1.807) is 11.4 Å². The van der Waals surface area contributed by atoms with Crippen molar-refractivity contribution < 1.29 is 19.1 Å². The van der Waals surface area contributed by atoms with Crippen LogP contribution < -0.4 is 10.6 Å². The molecule has 1 aromatic heterocycles. The van der Waals surface area contributed by atoms with Gasteiger partial charge in [0.1, 0.15) is 6.54 Å². The van der Waals surface area contributed by atoms with Gasteiger partial charge >= 0.3 is 0 Å². The molecule has 0 saturated carbocycles. The minimum atomic E-state index is -0.426. The van der Waals surface area contributed by atoms with Gasteiger partial charge in [0, 0.05) is 30.1 Å². The molecular formula is C21H26Cl2N4O4S. The minimum absolute atomic E-state index is 0.0880. The molecule has 0 aliphatic carbocycles. The van der Waals surface area contributed by atoms with Crippen molar-refractivity contribution >= 4 is 57.4 Å². The van der Waals surface area contributed by atoms with E-state index in [4.69, 9.17) is 27.9 Å². The molecule has 1 heterocycles. The summed E-state index contributed by atoms with van der Waals surface area (Å²) in [6.07, 6.45) is 0.966. The van der Waals surface area contributed by atoms with Crippen LogP contribution in [0.3, 0.4) is 0 Å². The Hall–Kier alpha value is -2.20. The summed E-state index contributed by atoms with van der Waals surface area (Å²) < 4.78 is 5.06. The van der Waals surface area contributed by atoms with Crippen LogP contribution in [0.25, 0.3) is 0 Å². The van der Waals surface area contributed by atoms with Crippen LogP contribution in [0.2, 0.25) is 10.0 Å². The molecule has 0 bridgehead atoms. The number of carbonyl (C=O) groups is 3. The summed E-state index contributed by atoms with van der Waals surface area (Å²) in [7, 11) is 1.51. The summed E-state index contributed by atoms with van der Waals surface area (Å²) in [4.78, 5) is 43.1. The number of methoxy groups -OCH3 is 1. The lowest BCUT2D eigenvalue weighted by Gasteiger charge is -2.22. The molecule has 8 nitrogen and oxygen atoms in total. The fourth-order valence-electron chi connectivity index (χ4n) is 2.66. The molecule has 0 radical (unpaired) electrons. The number of ether oxygens (including phenoxy) is 1. The molecule has 2 rings (SSSR count). The van der Waals surface area contributed by atoms with E-state index in [0.29, 0.717) is 15.8 Å². The van der Waals surface area contributed by atoms with Crippen molar-refractivity contribution in [3.05, 3.63) is 44.9 Å². The average Bonchev–Trinajstić information content (AvgIpc) is 3.16. The second-order valence-electron chi connectivity index (χ2n) is 7.09. The molecule has 1 aromatic carbocycles. The number of aromatic nitrogens is 1. The second kappa shape index (κ2) is 12.7. The summed E-state index contributed by atoms with van der Waals surface area (Å²) in [5.41, 5.74) is 0.801. The first kappa shape index (κ1) is 26.1. The maximum atomic E-state index is 12.9. The zero-order valence-electron chi connectivity index (χ0n) is 18.1. The van der Waals surface area contributed by atoms with Gasteiger partial charge < -0.3 is 20.3 Å². The second-order valence-corrected chi connectivity index (χ2v) is 8.79. The van der Waals surface area contributed by atoms with Crippen molar-refractivity contribution in [1.82, 2.24) is 15.2 Å². The fraction of sp³-hybridized carbons (Fsp3) is 0.429. The van der Waals surface area contributed by atoms with Crippen LogP contribution in [-0.2, 0) is 20.7 Å². The highest BCUT2D eigenvalue weighted by Crippen LogP contribution is 2.22. The highest BCUT2D eigenvalue weighted by molar-refractivity contribution is 7.13. The minimum Gasteiger partial charge on any atom is -0.383 e. The summed E-state index contributed by atoms with van der Waals surface area (Å²) >= 11 is 13.3. The van der Waals surface area contributed by atoms with Crippen molar-refractivity contribution in [3.8, 4) is 0 Å². The van der Waals surface area contributed by atoms with Gasteiger partial charge in [-0.25, -0.2) is 4.98 Å². The number of hydrogen-bond acceptors (Lipinski definition) is 6. The van der Waals surface area contributed by atoms with Gasteiger partial charge in [0.15, 0.2) is 5.13 Å². The number of thiazole rings is 1. The predicted molar refractivity (Wildman–Crippen MR) is 127 cm³/mol. The third-order valence-corrected chi connectivity index (χ3v) is 5.86. The number of anilines is 1. The normalized spacial score (nSPS) is 11.7. The van der Waals surface area contributed by atoms with Crippen LogP contribution in [0, 0.1) is 0 Å². The van der Waals surface area contributed by atoms with Crippen molar-refractivity contribution in [1.29, 1.82) is 0 Å². The number of hydrogen-bond donors (Lipinski definition) is 2. The Morgan fingerprint density at radius 1 is 1.25 bits per heavy atom. The first-order valence-electron chi connectivity index (χ1n) is 10.00. The number of benzene rings is 1. The summed E-state index contributed by atoms with van der Waals surface area (Å²) in [6.45, 7) is 4.14. The van der Waals surface area contributed by atoms with E-state index >= 15 is 0 Å². The number of carbonyl (C=O) groups excluding carboxylic acids is 3. The molecule has 11 heteroatoms. The number of halogens is 2. The maximum absolute atomic E-state index is 12.9. The van der Waals surface area contributed by atoms with Crippen LogP contribution in [0.1, 0.15) is 36.3 Å². The van der Waals surface area contributed by atoms with Gasteiger partial charge in [-0.15, -0.1) is 11.3 Å². The summed E-state index contributed by atoms with van der Waals surface area (Å²) in [5.74, 6) is -0.969. The molecule has 2 N–H and O–H groups in total. The van der Waals surface area contributed by atoms with Gasteiger partial charge in [0.25, 0.3) is 5.91 Å². The highest BCUT2D eigenvalue weighted by Gasteiger charge is 2.22. The number of nitrogens with one attached hydrogen (secondary N) is 2. The van der Waals surface area contributed by atoms with E-state index in [1.807, 2.05) is 13.8 Å². The van der Waals surface area contributed by atoms with Crippen molar-refractivity contribution in [2.75, 3.05) is 32.1 Å². The molecule has 174 valence electrons. The van der Waals surface area contributed by atoms with Crippen LogP contribution >= 0.6 is 34.5 Å². The molecule has 0 aliphatic rings. The first-order valence-corrected chi connectivity index (χ1v) is 11.6. The molecule has 0 aliphatic heterocycles. The first-order chi connectivity index (χ1) is 15.2. The molecule has 1 unspecified atom stereocenters. The van der Waals surface area contributed by atoms with E-state index < -0.39 is 11.8 Å². The Balaban J connectivity index is 2.00. The van der Waals surface area contributed by atoms with Crippen LogP contribution in [0.4, 0.5) is 5.13 Å². The Morgan fingerprint density at radius 3 is 2.66 bits per heavy atom. The fourth-order valence-corrected chi connectivity index (χ4v) is 3.87. The standard InChI is InChI=1S/C21H26Cl2N4O4S/c1-4-13(2)24-18(28)10-15-12-32-21(25-15)26-19(29)11-27(7-8-31-3)20(30)16-6-5-14(22)9-17(16)23/h5-6,9,12-13H,4,7-8,10-11H2,1-3H3,(H,24,28)(H,25,26,29). The third kappa shape index (κ3) is 8.05. The lowest BCUT2D eigenvalue weighted by molar-refractivity contribution is -0.121. The van der Waals surface area contributed by atoms with Gasteiger partial charge in [0.05, 0.1) is 29.3 Å². The zero-order chi connectivity index (χ0) is 23.7. The Kier molecular flexibility index (Phi) is 10.4. The van der Waals surface area contributed by atoms with E-state index in [2.05, 4.69) is 15.6 Å². The molecule has 0 spiro atoms. The maximum Gasteiger partial charge on any atom is 0.255 e. The van der Waals surface area contributed by atoms with E-state index in [-0.39, 0.29) is 48.7 Å². The zero-order valence-corrected chi connectivity index (χ0v) is 20.4. The Bertz CT molecular complexity index is 954. The van der Waals surface area contributed by atoms with E-state index in [1.165, 1.54) is 35.5 Å². The lowest BCUT2D eigenvalue weighted by atomic mass is 10.2. The number of rotatable bonds is 11. The molecule has 3 amide bonds. The average molecular weight is 501 g/mol. The Labute approximate surface area is 201 Å². The number of amides is 3. The van der Waals surface area contributed by atoms with Crippen LogP contribution in [-0.4, -0.2) is 60.5 Å². The largest absolute Gasteiger partial charge is 0.383 e. The quantitative estimate of drug-likeness (QED) is 0.490. The van der Waals surface area contributed by atoms with E-state index in [9.17, 15) is 14.4 Å². The molecule has 0 fully saturated rings. The molecule has 1 atom stereocenters. The Morgan fingerprint density at radius 2 is 2.00 bits per heavy atom. The third-order valence-electron chi connectivity index (χ3n) is 4.51.